The molecule has 2 heterocycles. The summed E-state index contributed by atoms with van der Waals surface area (Å²) in [4.78, 5) is 23.2. The van der Waals surface area contributed by atoms with E-state index in [-0.39, 0.29) is 11.9 Å². The molecule has 0 aliphatic heterocycles. The SMILES string of the molecule is Cc1ccc(C)c2c(C)c(C(=O)N(C)[C@@H](c3ccccn3)C3CC3)[nH]c12. The van der Waals surface area contributed by atoms with Gasteiger partial charge in [0, 0.05) is 24.1 Å². The first-order valence-corrected chi connectivity index (χ1v) is 9.25. The molecule has 0 bridgehead atoms. The van der Waals surface area contributed by atoms with Gasteiger partial charge in [-0.1, -0.05) is 18.2 Å². The van der Waals surface area contributed by atoms with E-state index in [1.165, 1.54) is 16.5 Å². The van der Waals surface area contributed by atoms with Crippen LogP contribution in [0.5, 0.6) is 0 Å². The number of hydrogen-bond donors (Lipinski definition) is 1. The number of carbonyl (C=O) groups is 1. The number of pyridine rings is 1. The van der Waals surface area contributed by atoms with Crippen molar-refractivity contribution in [3.63, 3.8) is 0 Å². The zero-order chi connectivity index (χ0) is 18.4. The molecule has 4 nitrogen and oxygen atoms in total. The van der Waals surface area contributed by atoms with Gasteiger partial charge < -0.3 is 9.88 Å². The number of H-pyrrole nitrogens is 1. The number of rotatable bonds is 4. The van der Waals surface area contributed by atoms with Crippen LogP contribution in [0.4, 0.5) is 0 Å². The predicted molar refractivity (Wildman–Crippen MR) is 104 cm³/mol. The van der Waals surface area contributed by atoms with Gasteiger partial charge in [-0.05, 0) is 68.4 Å². The summed E-state index contributed by atoms with van der Waals surface area (Å²) in [6.07, 6.45) is 4.12. The molecule has 1 aliphatic rings. The van der Waals surface area contributed by atoms with Crippen molar-refractivity contribution in [3.8, 4) is 0 Å². The van der Waals surface area contributed by atoms with E-state index in [1.807, 2.05) is 43.3 Å². The largest absolute Gasteiger partial charge is 0.350 e. The molecule has 26 heavy (non-hydrogen) atoms. The number of nitrogens with zero attached hydrogens (tertiary/aromatic N) is 2. The topological polar surface area (TPSA) is 49.0 Å². The third-order valence-electron chi connectivity index (χ3n) is 5.63. The lowest BCUT2D eigenvalue weighted by molar-refractivity contribution is 0.0701. The quantitative estimate of drug-likeness (QED) is 0.743. The van der Waals surface area contributed by atoms with Crippen LogP contribution in [0.15, 0.2) is 36.5 Å². The van der Waals surface area contributed by atoms with Gasteiger partial charge in [0.2, 0.25) is 0 Å². The second-order valence-electron chi connectivity index (χ2n) is 7.53. The number of fused-ring (bicyclic) bond motifs is 1. The van der Waals surface area contributed by atoms with Crippen LogP contribution in [0.1, 0.15) is 51.8 Å². The van der Waals surface area contributed by atoms with E-state index in [0.29, 0.717) is 11.6 Å². The van der Waals surface area contributed by atoms with Crippen molar-refractivity contribution in [3.05, 3.63) is 64.6 Å². The molecular weight excluding hydrogens is 322 g/mol. The maximum absolute atomic E-state index is 13.4. The molecule has 1 amide bonds. The number of hydrogen-bond acceptors (Lipinski definition) is 2. The minimum absolute atomic E-state index is 0.0386. The molecule has 1 aromatic carbocycles. The fourth-order valence-electron chi connectivity index (χ4n) is 4.03. The van der Waals surface area contributed by atoms with Gasteiger partial charge in [0.1, 0.15) is 5.69 Å². The second kappa shape index (κ2) is 6.27. The van der Waals surface area contributed by atoms with Crippen LogP contribution in [-0.4, -0.2) is 27.8 Å². The second-order valence-corrected chi connectivity index (χ2v) is 7.53. The molecule has 3 aromatic rings. The summed E-state index contributed by atoms with van der Waals surface area (Å²) in [7, 11) is 1.91. The average molecular weight is 347 g/mol. The first kappa shape index (κ1) is 16.8. The minimum atomic E-state index is 0.0386. The molecular formula is C22H25N3O. The Kier molecular flexibility index (Phi) is 4.06. The van der Waals surface area contributed by atoms with Crippen molar-refractivity contribution in [2.75, 3.05) is 7.05 Å². The van der Waals surface area contributed by atoms with Crippen LogP contribution < -0.4 is 0 Å². The zero-order valence-corrected chi connectivity index (χ0v) is 15.8. The summed E-state index contributed by atoms with van der Waals surface area (Å²) < 4.78 is 0. The van der Waals surface area contributed by atoms with Gasteiger partial charge in [-0.25, -0.2) is 0 Å². The Balaban J connectivity index is 1.75. The lowest BCUT2D eigenvalue weighted by Gasteiger charge is -2.28. The van der Waals surface area contributed by atoms with Crippen molar-refractivity contribution < 1.29 is 4.79 Å². The van der Waals surface area contributed by atoms with Crippen molar-refractivity contribution >= 4 is 16.8 Å². The highest BCUT2D eigenvalue weighted by atomic mass is 16.2. The predicted octanol–water partition coefficient (Wildman–Crippen LogP) is 4.71. The molecule has 134 valence electrons. The zero-order valence-electron chi connectivity index (χ0n) is 15.8. The van der Waals surface area contributed by atoms with E-state index in [2.05, 4.69) is 35.9 Å². The monoisotopic (exact) mass is 347 g/mol. The maximum Gasteiger partial charge on any atom is 0.270 e. The number of aromatic nitrogens is 2. The van der Waals surface area contributed by atoms with Crippen molar-refractivity contribution in [2.45, 2.75) is 39.7 Å². The van der Waals surface area contributed by atoms with Crippen LogP contribution in [0.2, 0.25) is 0 Å². The number of aromatic amines is 1. The van der Waals surface area contributed by atoms with Gasteiger partial charge in [-0.15, -0.1) is 0 Å². The Bertz CT molecular complexity index is 970. The lowest BCUT2D eigenvalue weighted by atomic mass is 10.0. The van der Waals surface area contributed by atoms with Crippen molar-refractivity contribution in [1.29, 1.82) is 0 Å². The van der Waals surface area contributed by atoms with Gasteiger partial charge in [-0.3, -0.25) is 9.78 Å². The van der Waals surface area contributed by atoms with Gasteiger partial charge in [0.25, 0.3) is 5.91 Å². The summed E-state index contributed by atoms with van der Waals surface area (Å²) in [6, 6.07) is 10.2. The molecule has 2 aromatic heterocycles. The van der Waals surface area contributed by atoms with Gasteiger partial charge in [0.15, 0.2) is 0 Å². The fourth-order valence-corrected chi connectivity index (χ4v) is 4.03. The minimum Gasteiger partial charge on any atom is -0.350 e. The Morgan fingerprint density at radius 2 is 1.88 bits per heavy atom. The average Bonchev–Trinajstić information content (AvgIpc) is 3.41. The number of benzene rings is 1. The third kappa shape index (κ3) is 2.70. The highest BCUT2D eigenvalue weighted by molar-refractivity contribution is 6.02. The number of aryl methyl sites for hydroxylation is 3. The maximum atomic E-state index is 13.4. The highest BCUT2D eigenvalue weighted by Gasteiger charge is 2.38. The van der Waals surface area contributed by atoms with Crippen molar-refractivity contribution in [2.24, 2.45) is 5.92 Å². The smallest absolute Gasteiger partial charge is 0.270 e. The molecule has 1 aliphatic carbocycles. The van der Waals surface area contributed by atoms with E-state index in [9.17, 15) is 4.79 Å². The highest BCUT2D eigenvalue weighted by Crippen LogP contribution is 2.44. The Labute approximate surface area is 154 Å². The van der Waals surface area contributed by atoms with Crippen LogP contribution in [-0.2, 0) is 0 Å². The van der Waals surface area contributed by atoms with Gasteiger partial charge >= 0.3 is 0 Å². The van der Waals surface area contributed by atoms with Crippen LogP contribution >= 0.6 is 0 Å². The summed E-state index contributed by atoms with van der Waals surface area (Å²) in [5.41, 5.74) is 6.14. The van der Waals surface area contributed by atoms with Gasteiger partial charge in [0.05, 0.1) is 11.7 Å². The Morgan fingerprint density at radius 1 is 1.15 bits per heavy atom. The molecule has 0 radical (unpaired) electrons. The summed E-state index contributed by atoms with van der Waals surface area (Å²) in [5, 5.41) is 1.17. The molecule has 0 unspecified atom stereocenters. The van der Waals surface area contributed by atoms with E-state index < -0.39 is 0 Å². The molecule has 1 N–H and O–H groups in total. The lowest BCUT2D eigenvalue weighted by Crippen LogP contribution is -2.33. The molecule has 1 atom stereocenters. The number of carbonyl (C=O) groups excluding carboxylic acids is 1. The first-order valence-electron chi connectivity index (χ1n) is 9.25. The third-order valence-corrected chi connectivity index (χ3v) is 5.63. The Hall–Kier alpha value is -2.62. The fraction of sp³-hybridized carbons (Fsp3) is 0.364. The van der Waals surface area contributed by atoms with E-state index >= 15 is 0 Å². The van der Waals surface area contributed by atoms with Gasteiger partial charge in [-0.2, -0.15) is 0 Å². The molecule has 4 heteroatoms. The van der Waals surface area contributed by atoms with Crippen LogP contribution in [0, 0.1) is 26.7 Å². The normalized spacial score (nSPS) is 15.2. The molecule has 1 saturated carbocycles. The van der Waals surface area contributed by atoms with Crippen LogP contribution in [0.3, 0.4) is 0 Å². The molecule has 0 saturated heterocycles. The van der Waals surface area contributed by atoms with E-state index in [1.54, 1.807) is 0 Å². The number of nitrogens with one attached hydrogen (secondary N) is 1. The van der Waals surface area contributed by atoms with E-state index in [0.717, 1.165) is 29.6 Å². The molecule has 0 spiro atoms. The first-order chi connectivity index (χ1) is 12.5. The summed E-state index contributed by atoms with van der Waals surface area (Å²) in [5.74, 6) is 0.548. The standard InChI is InChI=1S/C22H25N3O/c1-13-8-9-14(2)19-18(13)15(3)20(24-19)22(26)25(4)21(16-10-11-16)17-7-5-6-12-23-17/h5-9,12,16,21,24H,10-11H2,1-4H3/t21-/m1/s1. The van der Waals surface area contributed by atoms with E-state index in [4.69, 9.17) is 0 Å². The molecule has 1 fully saturated rings. The Morgan fingerprint density at radius 3 is 2.50 bits per heavy atom. The van der Waals surface area contributed by atoms with Crippen molar-refractivity contribution in [1.82, 2.24) is 14.9 Å². The number of amides is 1. The molecule has 4 rings (SSSR count). The summed E-state index contributed by atoms with van der Waals surface area (Å²) >= 11 is 0. The van der Waals surface area contributed by atoms with Crippen LogP contribution in [0.25, 0.3) is 10.9 Å². The summed E-state index contributed by atoms with van der Waals surface area (Å²) in [6.45, 7) is 6.22.